The van der Waals surface area contributed by atoms with Crippen molar-refractivity contribution in [2.45, 2.75) is 30.9 Å². The molecular formula is C13H20N2O3S. The fourth-order valence-corrected chi connectivity index (χ4v) is 2.92. The van der Waals surface area contributed by atoms with E-state index in [0.717, 1.165) is 12.2 Å². The van der Waals surface area contributed by atoms with Gasteiger partial charge in [0.2, 0.25) is 0 Å². The van der Waals surface area contributed by atoms with E-state index in [1.165, 1.54) is 12.3 Å². The minimum atomic E-state index is -3.22. The van der Waals surface area contributed by atoms with Gasteiger partial charge in [-0.15, -0.1) is 0 Å². The van der Waals surface area contributed by atoms with Crippen LogP contribution < -0.4 is 10.6 Å². The van der Waals surface area contributed by atoms with Gasteiger partial charge in [0.05, 0.1) is 29.0 Å². The second kappa shape index (κ2) is 5.02. The molecule has 0 aliphatic carbocycles. The van der Waals surface area contributed by atoms with Gasteiger partial charge in [0.15, 0.2) is 9.84 Å². The molecule has 1 heterocycles. The van der Waals surface area contributed by atoms with E-state index in [-0.39, 0.29) is 17.0 Å². The highest BCUT2D eigenvalue weighted by atomic mass is 32.2. The number of hydrogen-bond donors (Lipinski definition) is 1. The van der Waals surface area contributed by atoms with Crippen molar-refractivity contribution in [3.05, 3.63) is 18.2 Å². The van der Waals surface area contributed by atoms with Crippen molar-refractivity contribution in [2.24, 2.45) is 0 Å². The number of anilines is 2. The normalized spacial score (nSPS) is 24.5. The molecule has 2 rings (SSSR count). The van der Waals surface area contributed by atoms with Crippen LogP contribution in [0.3, 0.4) is 0 Å². The Kier molecular flexibility index (Phi) is 3.73. The minimum absolute atomic E-state index is 0.144. The van der Waals surface area contributed by atoms with Crippen molar-refractivity contribution >= 4 is 21.2 Å². The van der Waals surface area contributed by atoms with Crippen molar-refractivity contribution < 1.29 is 13.2 Å². The fourth-order valence-electron chi connectivity index (χ4n) is 2.26. The van der Waals surface area contributed by atoms with Crippen molar-refractivity contribution in [3.8, 4) is 0 Å². The average Bonchev–Trinajstić information content (AvgIpc) is 2.31. The molecule has 0 aromatic heterocycles. The van der Waals surface area contributed by atoms with Gasteiger partial charge in [-0.25, -0.2) is 8.42 Å². The molecule has 2 unspecified atom stereocenters. The average molecular weight is 284 g/mol. The topological polar surface area (TPSA) is 72.6 Å². The van der Waals surface area contributed by atoms with Crippen LogP contribution in [0.1, 0.15) is 13.8 Å². The Morgan fingerprint density at radius 2 is 2.05 bits per heavy atom. The highest BCUT2D eigenvalue weighted by molar-refractivity contribution is 7.90. The maximum absolute atomic E-state index is 11.5. The van der Waals surface area contributed by atoms with Crippen molar-refractivity contribution in [1.29, 1.82) is 0 Å². The van der Waals surface area contributed by atoms with Gasteiger partial charge in [0.1, 0.15) is 0 Å². The molecule has 0 bridgehead atoms. The number of ether oxygens (including phenoxy) is 1. The largest absolute Gasteiger partial charge is 0.397 e. The van der Waals surface area contributed by atoms with Crippen molar-refractivity contribution in [2.75, 3.05) is 30.0 Å². The summed E-state index contributed by atoms with van der Waals surface area (Å²) in [7, 11) is -3.22. The van der Waals surface area contributed by atoms with Crippen molar-refractivity contribution in [1.82, 2.24) is 0 Å². The van der Waals surface area contributed by atoms with Crippen LogP contribution >= 0.6 is 0 Å². The summed E-state index contributed by atoms with van der Waals surface area (Å²) in [5.41, 5.74) is 7.37. The van der Waals surface area contributed by atoms with Crippen LogP contribution in [0.2, 0.25) is 0 Å². The summed E-state index contributed by atoms with van der Waals surface area (Å²) >= 11 is 0. The van der Waals surface area contributed by atoms with Gasteiger partial charge < -0.3 is 15.4 Å². The van der Waals surface area contributed by atoms with E-state index in [4.69, 9.17) is 10.5 Å². The lowest BCUT2D eigenvalue weighted by Gasteiger charge is -2.39. The smallest absolute Gasteiger partial charge is 0.175 e. The van der Waals surface area contributed by atoms with Crippen LogP contribution in [-0.2, 0) is 14.6 Å². The monoisotopic (exact) mass is 284 g/mol. The van der Waals surface area contributed by atoms with E-state index in [1.54, 1.807) is 12.1 Å². The number of hydrogen-bond acceptors (Lipinski definition) is 5. The molecule has 2 N–H and O–H groups in total. The standard InChI is InChI=1S/C13H20N2O3S/c1-9-8-18-10(2)7-15(9)13-5-4-11(6-12(13)14)19(3,16)17/h4-6,9-10H,7-8,14H2,1-3H3. The first-order valence-electron chi connectivity index (χ1n) is 6.27. The summed E-state index contributed by atoms with van der Waals surface area (Å²) in [5.74, 6) is 0. The molecule has 0 saturated carbocycles. The third-order valence-corrected chi connectivity index (χ3v) is 4.45. The molecule has 0 amide bonds. The highest BCUT2D eigenvalue weighted by Gasteiger charge is 2.25. The van der Waals surface area contributed by atoms with Crippen molar-refractivity contribution in [3.63, 3.8) is 0 Å². The molecule has 0 spiro atoms. The summed E-state index contributed by atoms with van der Waals surface area (Å²) < 4.78 is 28.6. The van der Waals surface area contributed by atoms with Gasteiger partial charge in [-0.05, 0) is 32.0 Å². The Labute approximate surface area is 114 Å². The lowest BCUT2D eigenvalue weighted by molar-refractivity contribution is 0.0344. The summed E-state index contributed by atoms with van der Waals surface area (Å²) in [6.07, 6.45) is 1.33. The number of rotatable bonds is 2. The molecule has 0 radical (unpaired) electrons. The molecular weight excluding hydrogens is 264 g/mol. The van der Waals surface area contributed by atoms with Gasteiger partial charge >= 0.3 is 0 Å². The molecule has 1 fully saturated rings. The third kappa shape index (κ3) is 3.01. The SMILES string of the molecule is CC1CN(c2ccc(S(C)(=O)=O)cc2N)C(C)CO1. The number of benzene rings is 1. The number of nitrogens with zero attached hydrogens (tertiary/aromatic N) is 1. The number of sulfone groups is 1. The first-order chi connectivity index (χ1) is 8.79. The second-order valence-electron chi connectivity index (χ2n) is 5.14. The number of nitrogen functional groups attached to an aromatic ring is 1. The zero-order valence-electron chi connectivity index (χ0n) is 11.5. The van der Waals surface area contributed by atoms with Gasteiger partial charge in [0, 0.05) is 18.8 Å². The predicted octanol–water partition coefficient (Wildman–Crippen LogP) is 1.29. The Hall–Kier alpha value is -1.27. The highest BCUT2D eigenvalue weighted by Crippen LogP contribution is 2.29. The maximum atomic E-state index is 11.5. The van der Waals surface area contributed by atoms with Gasteiger partial charge in [-0.3, -0.25) is 0 Å². The molecule has 2 atom stereocenters. The quantitative estimate of drug-likeness (QED) is 0.828. The van der Waals surface area contributed by atoms with Gasteiger partial charge in [-0.1, -0.05) is 0 Å². The minimum Gasteiger partial charge on any atom is -0.397 e. The van der Waals surface area contributed by atoms with Crippen LogP contribution in [0, 0.1) is 0 Å². The Balaban J connectivity index is 2.35. The van der Waals surface area contributed by atoms with Gasteiger partial charge in [0.25, 0.3) is 0 Å². The first-order valence-corrected chi connectivity index (χ1v) is 8.16. The Bertz CT molecular complexity index is 571. The summed E-state index contributed by atoms with van der Waals surface area (Å²) in [4.78, 5) is 2.41. The van der Waals surface area contributed by atoms with E-state index >= 15 is 0 Å². The molecule has 19 heavy (non-hydrogen) atoms. The van der Waals surface area contributed by atoms with Crippen LogP contribution in [0.4, 0.5) is 11.4 Å². The van der Waals surface area contributed by atoms with Crippen LogP contribution in [0.25, 0.3) is 0 Å². The molecule has 5 nitrogen and oxygen atoms in total. The third-order valence-electron chi connectivity index (χ3n) is 3.34. The van der Waals surface area contributed by atoms with E-state index < -0.39 is 9.84 Å². The Morgan fingerprint density at radius 3 is 2.63 bits per heavy atom. The molecule has 106 valence electrons. The first kappa shape index (κ1) is 14.1. The van der Waals surface area contributed by atoms with Crippen LogP contribution in [0.15, 0.2) is 23.1 Å². The predicted molar refractivity (Wildman–Crippen MR) is 76.2 cm³/mol. The summed E-state index contributed by atoms with van der Waals surface area (Å²) in [6, 6.07) is 5.13. The fraction of sp³-hybridized carbons (Fsp3) is 0.538. The van der Waals surface area contributed by atoms with E-state index in [2.05, 4.69) is 11.8 Å². The maximum Gasteiger partial charge on any atom is 0.175 e. The number of nitrogens with two attached hydrogens (primary N) is 1. The molecule has 6 heteroatoms. The zero-order valence-corrected chi connectivity index (χ0v) is 12.3. The lowest BCUT2D eigenvalue weighted by atomic mass is 10.1. The molecule has 1 aromatic rings. The molecule has 1 aromatic carbocycles. The summed E-state index contributed by atoms with van der Waals surface area (Å²) in [6.45, 7) is 5.48. The zero-order chi connectivity index (χ0) is 14.2. The van der Waals surface area contributed by atoms with Gasteiger partial charge in [-0.2, -0.15) is 0 Å². The van der Waals surface area contributed by atoms with Crippen LogP contribution in [-0.4, -0.2) is 40.0 Å². The van der Waals surface area contributed by atoms with E-state index in [9.17, 15) is 8.42 Å². The Morgan fingerprint density at radius 1 is 1.37 bits per heavy atom. The second-order valence-corrected chi connectivity index (χ2v) is 7.15. The van der Waals surface area contributed by atoms with E-state index in [0.29, 0.717) is 12.3 Å². The molecule has 1 saturated heterocycles. The number of morpholine rings is 1. The lowest BCUT2D eigenvalue weighted by Crippen LogP contribution is -2.47. The summed E-state index contributed by atoms with van der Waals surface area (Å²) in [5, 5.41) is 0. The molecule has 1 aliphatic heterocycles. The van der Waals surface area contributed by atoms with Crippen LogP contribution in [0.5, 0.6) is 0 Å². The van der Waals surface area contributed by atoms with E-state index in [1.807, 2.05) is 6.92 Å². The molecule has 1 aliphatic rings.